The second-order valence-corrected chi connectivity index (χ2v) is 4.37. The highest BCUT2D eigenvalue weighted by atomic mass is 16.5. The Balaban J connectivity index is 2.43. The van der Waals surface area contributed by atoms with Crippen molar-refractivity contribution in [1.82, 2.24) is 5.32 Å². The second-order valence-electron chi connectivity index (χ2n) is 4.37. The molecule has 0 aromatic heterocycles. The van der Waals surface area contributed by atoms with Gasteiger partial charge >= 0.3 is 0 Å². The van der Waals surface area contributed by atoms with Gasteiger partial charge in [-0.05, 0) is 25.0 Å². The first-order valence-corrected chi connectivity index (χ1v) is 5.81. The van der Waals surface area contributed by atoms with Crippen LogP contribution in [0.25, 0.3) is 0 Å². The number of nitrogen functional groups attached to an aromatic ring is 1. The van der Waals surface area contributed by atoms with Gasteiger partial charge in [0.25, 0.3) is 0 Å². The minimum absolute atomic E-state index is 0.136. The van der Waals surface area contributed by atoms with Crippen LogP contribution in [-0.4, -0.2) is 24.8 Å². The SMILES string of the molecule is COc1ccc(N)c2c1CCC(NC(C)=O)C2=O. The lowest BCUT2D eigenvalue weighted by molar-refractivity contribution is -0.119. The number of ketones is 1. The quantitative estimate of drug-likeness (QED) is 0.762. The summed E-state index contributed by atoms with van der Waals surface area (Å²) < 4.78 is 5.24. The van der Waals surface area contributed by atoms with Gasteiger partial charge in [-0.15, -0.1) is 0 Å². The third-order valence-corrected chi connectivity index (χ3v) is 3.15. The van der Waals surface area contributed by atoms with Gasteiger partial charge in [0.15, 0.2) is 5.78 Å². The number of methoxy groups -OCH3 is 1. The van der Waals surface area contributed by atoms with E-state index in [9.17, 15) is 9.59 Å². The fourth-order valence-electron chi connectivity index (χ4n) is 2.35. The van der Waals surface area contributed by atoms with E-state index in [1.165, 1.54) is 6.92 Å². The van der Waals surface area contributed by atoms with Crippen molar-refractivity contribution in [2.45, 2.75) is 25.8 Å². The molecule has 0 fully saturated rings. The van der Waals surface area contributed by atoms with E-state index in [2.05, 4.69) is 5.32 Å². The molecule has 0 radical (unpaired) electrons. The molecule has 1 aliphatic carbocycles. The zero-order valence-electron chi connectivity index (χ0n) is 10.4. The zero-order valence-corrected chi connectivity index (χ0v) is 10.4. The van der Waals surface area contributed by atoms with Crippen molar-refractivity contribution >= 4 is 17.4 Å². The van der Waals surface area contributed by atoms with E-state index >= 15 is 0 Å². The molecule has 0 saturated heterocycles. The number of rotatable bonds is 2. The van der Waals surface area contributed by atoms with E-state index in [0.29, 0.717) is 29.8 Å². The molecule has 2 rings (SSSR count). The van der Waals surface area contributed by atoms with E-state index < -0.39 is 6.04 Å². The molecule has 1 amide bonds. The average Bonchev–Trinajstić information content (AvgIpc) is 2.32. The van der Waals surface area contributed by atoms with Crippen LogP contribution in [0.4, 0.5) is 5.69 Å². The Morgan fingerprint density at radius 1 is 1.50 bits per heavy atom. The van der Waals surface area contributed by atoms with Gasteiger partial charge in [0.1, 0.15) is 5.75 Å². The maximum Gasteiger partial charge on any atom is 0.217 e. The van der Waals surface area contributed by atoms with E-state index in [-0.39, 0.29) is 11.7 Å². The highest BCUT2D eigenvalue weighted by Gasteiger charge is 2.31. The number of amides is 1. The molecule has 0 spiro atoms. The van der Waals surface area contributed by atoms with Crippen LogP contribution in [0.5, 0.6) is 5.75 Å². The van der Waals surface area contributed by atoms with Crippen LogP contribution in [0.15, 0.2) is 12.1 Å². The highest BCUT2D eigenvalue weighted by Crippen LogP contribution is 2.33. The molecule has 0 bridgehead atoms. The molecule has 96 valence electrons. The molecule has 1 atom stereocenters. The van der Waals surface area contributed by atoms with E-state index in [0.717, 1.165) is 5.56 Å². The summed E-state index contributed by atoms with van der Waals surface area (Å²) in [5.41, 5.74) is 7.62. The summed E-state index contributed by atoms with van der Waals surface area (Å²) in [5, 5.41) is 2.65. The van der Waals surface area contributed by atoms with Crippen molar-refractivity contribution in [1.29, 1.82) is 0 Å². The lowest BCUT2D eigenvalue weighted by atomic mass is 9.85. The first kappa shape index (κ1) is 12.4. The average molecular weight is 248 g/mol. The fraction of sp³-hybridized carbons (Fsp3) is 0.385. The number of ether oxygens (including phenoxy) is 1. The number of hydrogen-bond acceptors (Lipinski definition) is 4. The van der Waals surface area contributed by atoms with E-state index in [1.807, 2.05) is 0 Å². The summed E-state index contributed by atoms with van der Waals surface area (Å²) in [6.45, 7) is 1.40. The predicted octanol–water partition coefficient (Wildman–Crippen LogP) is 0.911. The third kappa shape index (κ3) is 2.03. The summed E-state index contributed by atoms with van der Waals surface area (Å²) >= 11 is 0. The van der Waals surface area contributed by atoms with Gasteiger partial charge in [-0.1, -0.05) is 0 Å². The molecule has 5 heteroatoms. The molecular weight excluding hydrogens is 232 g/mol. The summed E-state index contributed by atoms with van der Waals surface area (Å²) in [6, 6.07) is 2.94. The molecule has 1 aliphatic rings. The van der Waals surface area contributed by atoms with Crippen LogP contribution < -0.4 is 15.8 Å². The minimum atomic E-state index is -0.482. The summed E-state index contributed by atoms with van der Waals surface area (Å²) in [4.78, 5) is 23.3. The van der Waals surface area contributed by atoms with E-state index in [4.69, 9.17) is 10.5 Å². The zero-order chi connectivity index (χ0) is 13.3. The number of anilines is 1. The van der Waals surface area contributed by atoms with Gasteiger partial charge < -0.3 is 15.8 Å². The molecule has 0 saturated carbocycles. The Kier molecular flexibility index (Phi) is 3.23. The third-order valence-electron chi connectivity index (χ3n) is 3.15. The summed E-state index contributed by atoms with van der Waals surface area (Å²) in [5.74, 6) is 0.329. The van der Waals surface area contributed by atoms with Crippen LogP contribution >= 0.6 is 0 Å². The number of nitrogens with two attached hydrogens (primary N) is 1. The fourth-order valence-corrected chi connectivity index (χ4v) is 2.35. The van der Waals surface area contributed by atoms with Crippen LogP contribution in [0, 0.1) is 0 Å². The minimum Gasteiger partial charge on any atom is -0.496 e. The topological polar surface area (TPSA) is 81.4 Å². The number of Topliss-reactive ketones (excluding diaryl/α,β-unsaturated/α-hetero) is 1. The van der Waals surface area contributed by atoms with Gasteiger partial charge in [-0.25, -0.2) is 0 Å². The molecule has 3 N–H and O–H groups in total. The van der Waals surface area contributed by atoms with Crippen molar-refractivity contribution < 1.29 is 14.3 Å². The number of benzene rings is 1. The Hall–Kier alpha value is -2.04. The van der Waals surface area contributed by atoms with Crippen LogP contribution in [0.2, 0.25) is 0 Å². The maximum absolute atomic E-state index is 12.3. The number of fused-ring (bicyclic) bond motifs is 1. The number of carbonyl (C=O) groups is 2. The Bertz CT molecular complexity index is 511. The molecule has 1 unspecified atom stereocenters. The Labute approximate surface area is 105 Å². The normalized spacial score (nSPS) is 18.1. The molecule has 0 heterocycles. The molecule has 1 aromatic carbocycles. The van der Waals surface area contributed by atoms with Crippen molar-refractivity contribution in [3.8, 4) is 5.75 Å². The Morgan fingerprint density at radius 2 is 2.22 bits per heavy atom. The highest BCUT2D eigenvalue weighted by molar-refractivity contribution is 6.08. The molecule has 5 nitrogen and oxygen atoms in total. The van der Waals surface area contributed by atoms with Crippen molar-refractivity contribution in [2.75, 3.05) is 12.8 Å². The monoisotopic (exact) mass is 248 g/mol. The maximum atomic E-state index is 12.3. The molecule has 18 heavy (non-hydrogen) atoms. The number of nitrogens with one attached hydrogen (secondary N) is 1. The summed E-state index contributed by atoms with van der Waals surface area (Å²) in [7, 11) is 1.57. The van der Waals surface area contributed by atoms with Crippen LogP contribution in [0.3, 0.4) is 0 Å². The first-order chi connectivity index (χ1) is 8.54. The van der Waals surface area contributed by atoms with Crippen molar-refractivity contribution in [3.05, 3.63) is 23.3 Å². The number of hydrogen-bond donors (Lipinski definition) is 2. The van der Waals surface area contributed by atoms with Crippen LogP contribution in [-0.2, 0) is 11.2 Å². The summed E-state index contributed by atoms with van der Waals surface area (Å²) in [6.07, 6.45) is 1.24. The van der Waals surface area contributed by atoms with Gasteiger partial charge in [-0.2, -0.15) is 0 Å². The Morgan fingerprint density at radius 3 is 2.83 bits per heavy atom. The predicted molar refractivity (Wildman–Crippen MR) is 67.7 cm³/mol. The van der Waals surface area contributed by atoms with E-state index in [1.54, 1.807) is 19.2 Å². The van der Waals surface area contributed by atoms with Gasteiger partial charge in [0, 0.05) is 23.7 Å². The van der Waals surface area contributed by atoms with Crippen LogP contribution in [0.1, 0.15) is 29.3 Å². The molecule has 0 aliphatic heterocycles. The second kappa shape index (κ2) is 4.68. The first-order valence-electron chi connectivity index (χ1n) is 5.81. The molecule has 1 aromatic rings. The standard InChI is InChI=1S/C13H16N2O3/c1-7(16)15-10-5-3-8-11(18-2)6-4-9(14)12(8)13(10)17/h4,6,10H,3,5,14H2,1-2H3,(H,15,16). The lowest BCUT2D eigenvalue weighted by Crippen LogP contribution is -2.43. The van der Waals surface area contributed by atoms with Gasteiger partial charge in [-0.3, -0.25) is 9.59 Å². The molecular formula is C13H16N2O3. The smallest absolute Gasteiger partial charge is 0.217 e. The lowest BCUT2D eigenvalue weighted by Gasteiger charge is -2.26. The largest absolute Gasteiger partial charge is 0.496 e. The van der Waals surface area contributed by atoms with Crippen molar-refractivity contribution in [2.24, 2.45) is 0 Å². The number of carbonyl (C=O) groups excluding carboxylic acids is 2. The van der Waals surface area contributed by atoms with Crippen molar-refractivity contribution in [3.63, 3.8) is 0 Å². The van der Waals surface area contributed by atoms with Gasteiger partial charge in [0.2, 0.25) is 5.91 Å². The van der Waals surface area contributed by atoms with Gasteiger partial charge in [0.05, 0.1) is 13.2 Å².